The highest BCUT2D eigenvalue weighted by atomic mass is 16.8. The fourth-order valence-electron chi connectivity index (χ4n) is 4.17. The van der Waals surface area contributed by atoms with E-state index in [0.717, 1.165) is 0 Å². The van der Waals surface area contributed by atoms with Gasteiger partial charge in [0.15, 0.2) is 23.5 Å². The molecule has 176 valence electrons. The number of fused-ring (bicyclic) bond motifs is 2. The predicted octanol–water partition coefficient (Wildman–Crippen LogP) is 0.420. The zero-order valence-electron chi connectivity index (χ0n) is 18.7. The van der Waals surface area contributed by atoms with E-state index in [0.29, 0.717) is 24.3 Å². The number of hydrogen-bond donors (Lipinski definition) is 2. The summed E-state index contributed by atoms with van der Waals surface area (Å²) in [5.41, 5.74) is 6.93. The van der Waals surface area contributed by atoms with Crippen molar-refractivity contribution in [3.8, 4) is 0 Å². The third kappa shape index (κ3) is 4.41. The Hall–Kier alpha value is -2.38. The van der Waals surface area contributed by atoms with Gasteiger partial charge < -0.3 is 29.8 Å². The summed E-state index contributed by atoms with van der Waals surface area (Å²) in [6, 6.07) is 0. The lowest BCUT2D eigenvalue weighted by atomic mass is 10.1. The molecule has 2 saturated heterocycles. The minimum atomic E-state index is -0.848. The number of rotatable bonds is 8. The SMILES string of the molecule is CCOC(=O)CCN(C)C(O)C[C@H]1O[C@@H](n2cnc3c(N)ncnc32)[C@@H]2OC(C)(C)O[C@@H]21. The number of imidazole rings is 1. The lowest BCUT2D eigenvalue weighted by Crippen LogP contribution is -2.39. The van der Waals surface area contributed by atoms with Crippen LogP contribution in [0.1, 0.15) is 39.8 Å². The Balaban J connectivity index is 1.50. The van der Waals surface area contributed by atoms with E-state index in [9.17, 15) is 9.90 Å². The molecule has 12 heteroatoms. The van der Waals surface area contributed by atoms with Crippen LogP contribution >= 0.6 is 0 Å². The summed E-state index contributed by atoms with van der Waals surface area (Å²) in [4.78, 5) is 25.9. The maximum Gasteiger partial charge on any atom is 0.307 e. The fourth-order valence-corrected chi connectivity index (χ4v) is 4.17. The summed E-state index contributed by atoms with van der Waals surface area (Å²) in [7, 11) is 1.74. The number of aliphatic hydroxyl groups excluding tert-OH is 1. The maximum atomic E-state index is 11.6. The smallest absolute Gasteiger partial charge is 0.307 e. The molecular formula is C20H30N6O6. The van der Waals surface area contributed by atoms with Gasteiger partial charge in [0.1, 0.15) is 30.3 Å². The van der Waals surface area contributed by atoms with E-state index >= 15 is 0 Å². The summed E-state index contributed by atoms with van der Waals surface area (Å²) in [6.45, 7) is 6.13. The Morgan fingerprint density at radius 1 is 1.34 bits per heavy atom. The third-order valence-corrected chi connectivity index (χ3v) is 5.71. The summed E-state index contributed by atoms with van der Waals surface area (Å²) in [5.74, 6) is -0.824. The molecule has 0 saturated carbocycles. The molecule has 32 heavy (non-hydrogen) atoms. The quantitative estimate of drug-likeness (QED) is 0.426. The number of hydrogen-bond acceptors (Lipinski definition) is 11. The molecular weight excluding hydrogens is 420 g/mol. The molecule has 0 spiro atoms. The van der Waals surface area contributed by atoms with Crippen LogP contribution in [0.5, 0.6) is 0 Å². The monoisotopic (exact) mass is 450 g/mol. The Morgan fingerprint density at radius 2 is 2.09 bits per heavy atom. The molecule has 0 aromatic carbocycles. The average Bonchev–Trinajstić information content (AvgIpc) is 3.38. The summed E-state index contributed by atoms with van der Waals surface area (Å²) < 4.78 is 25.3. The Kier molecular flexibility index (Phi) is 6.32. The van der Waals surface area contributed by atoms with E-state index < -0.39 is 36.6 Å². The molecule has 12 nitrogen and oxygen atoms in total. The second kappa shape index (κ2) is 8.87. The largest absolute Gasteiger partial charge is 0.466 e. The van der Waals surface area contributed by atoms with Gasteiger partial charge in [-0.2, -0.15) is 0 Å². The van der Waals surface area contributed by atoms with E-state index in [2.05, 4.69) is 15.0 Å². The van der Waals surface area contributed by atoms with Crippen LogP contribution in [0.15, 0.2) is 12.7 Å². The molecule has 0 amide bonds. The lowest BCUT2D eigenvalue weighted by Gasteiger charge is -2.28. The molecule has 4 heterocycles. The van der Waals surface area contributed by atoms with Crippen LogP contribution in [0.3, 0.4) is 0 Å². The number of esters is 1. The first-order valence-electron chi connectivity index (χ1n) is 10.7. The highest BCUT2D eigenvalue weighted by Crippen LogP contribution is 2.45. The van der Waals surface area contributed by atoms with Gasteiger partial charge in [-0.25, -0.2) is 15.0 Å². The van der Waals surface area contributed by atoms with E-state index in [1.165, 1.54) is 6.33 Å². The minimum Gasteiger partial charge on any atom is -0.466 e. The molecule has 2 fully saturated rings. The van der Waals surface area contributed by atoms with Gasteiger partial charge in [-0.15, -0.1) is 0 Å². The van der Waals surface area contributed by atoms with Crippen LogP contribution in [0.2, 0.25) is 0 Å². The zero-order chi connectivity index (χ0) is 23.0. The Morgan fingerprint density at radius 3 is 2.84 bits per heavy atom. The summed E-state index contributed by atoms with van der Waals surface area (Å²) in [5, 5.41) is 10.7. The molecule has 2 aliphatic heterocycles. The number of anilines is 1. The molecule has 0 aliphatic carbocycles. The van der Waals surface area contributed by atoms with Gasteiger partial charge in [-0.05, 0) is 27.8 Å². The van der Waals surface area contributed by atoms with Crippen LogP contribution in [0.4, 0.5) is 5.82 Å². The molecule has 1 unspecified atom stereocenters. The van der Waals surface area contributed by atoms with Crippen molar-refractivity contribution in [2.45, 2.75) is 70.2 Å². The highest BCUT2D eigenvalue weighted by molar-refractivity contribution is 5.81. The highest BCUT2D eigenvalue weighted by Gasteiger charge is 2.56. The molecule has 0 bridgehead atoms. The van der Waals surface area contributed by atoms with Crippen LogP contribution in [-0.4, -0.2) is 86.0 Å². The Bertz CT molecular complexity index is 967. The van der Waals surface area contributed by atoms with E-state index in [4.69, 9.17) is 24.7 Å². The fraction of sp³-hybridized carbons (Fsp3) is 0.700. The number of carbonyl (C=O) groups is 1. The van der Waals surface area contributed by atoms with Crippen LogP contribution in [0.25, 0.3) is 11.2 Å². The van der Waals surface area contributed by atoms with Gasteiger partial charge in [0.05, 0.1) is 25.5 Å². The van der Waals surface area contributed by atoms with Crippen molar-refractivity contribution in [2.75, 3.05) is 25.9 Å². The standard InChI is InChI=1S/C20H30N6O6/c1-5-29-13(28)6-7-25(4)12(27)8-11-15-16(32-20(2,3)31-15)19(30-11)26-10-24-14-17(21)22-9-23-18(14)26/h9-12,15-16,19,27H,5-8H2,1-4H3,(H2,21,22,23)/t11-,12?,15-,16-,19-/m1/s1. The van der Waals surface area contributed by atoms with Crippen LogP contribution in [-0.2, 0) is 23.7 Å². The molecule has 2 aliphatic rings. The normalized spacial score (nSPS) is 27.7. The first-order valence-corrected chi connectivity index (χ1v) is 10.7. The first-order chi connectivity index (χ1) is 15.2. The van der Waals surface area contributed by atoms with E-state index in [-0.39, 0.29) is 24.6 Å². The van der Waals surface area contributed by atoms with Crippen molar-refractivity contribution in [3.63, 3.8) is 0 Å². The predicted molar refractivity (Wildman–Crippen MR) is 112 cm³/mol. The van der Waals surface area contributed by atoms with Crippen molar-refractivity contribution < 1.29 is 28.8 Å². The molecule has 2 aromatic heterocycles. The van der Waals surface area contributed by atoms with Crippen LogP contribution < -0.4 is 5.73 Å². The maximum absolute atomic E-state index is 11.6. The van der Waals surface area contributed by atoms with Gasteiger partial charge in [0.25, 0.3) is 0 Å². The van der Waals surface area contributed by atoms with Crippen LogP contribution in [0, 0.1) is 0 Å². The number of ether oxygens (including phenoxy) is 4. The number of nitrogens with zero attached hydrogens (tertiary/aromatic N) is 5. The second-order valence-electron chi connectivity index (χ2n) is 8.46. The van der Waals surface area contributed by atoms with Crippen molar-refractivity contribution in [2.24, 2.45) is 0 Å². The molecule has 2 aromatic rings. The summed E-state index contributed by atoms with van der Waals surface area (Å²) >= 11 is 0. The van der Waals surface area contributed by atoms with E-state index in [1.54, 1.807) is 29.8 Å². The number of aliphatic hydroxyl groups is 1. The third-order valence-electron chi connectivity index (χ3n) is 5.71. The first kappa shape index (κ1) is 22.8. The van der Waals surface area contributed by atoms with Gasteiger partial charge in [-0.1, -0.05) is 0 Å². The van der Waals surface area contributed by atoms with Gasteiger partial charge in [-0.3, -0.25) is 14.3 Å². The van der Waals surface area contributed by atoms with Gasteiger partial charge in [0, 0.05) is 13.0 Å². The second-order valence-corrected chi connectivity index (χ2v) is 8.46. The zero-order valence-corrected chi connectivity index (χ0v) is 18.7. The molecule has 3 N–H and O–H groups in total. The van der Waals surface area contributed by atoms with Crippen molar-refractivity contribution in [1.29, 1.82) is 0 Å². The number of nitrogens with two attached hydrogens (primary N) is 1. The molecule has 5 atom stereocenters. The van der Waals surface area contributed by atoms with Gasteiger partial charge >= 0.3 is 5.97 Å². The molecule has 4 rings (SSSR count). The number of nitrogen functional groups attached to an aromatic ring is 1. The van der Waals surface area contributed by atoms with Crippen molar-refractivity contribution in [1.82, 2.24) is 24.4 Å². The number of aromatic nitrogens is 4. The lowest BCUT2D eigenvalue weighted by molar-refractivity contribution is -0.201. The van der Waals surface area contributed by atoms with Crippen molar-refractivity contribution in [3.05, 3.63) is 12.7 Å². The Labute approximate surface area is 185 Å². The van der Waals surface area contributed by atoms with E-state index in [1.807, 2.05) is 13.8 Å². The average molecular weight is 450 g/mol. The topological polar surface area (TPSA) is 147 Å². The number of carbonyl (C=O) groups excluding carboxylic acids is 1. The van der Waals surface area contributed by atoms with Crippen molar-refractivity contribution >= 4 is 23.0 Å². The summed E-state index contributed by atoms with van der Waals surface area (Å²) in [6.07, 6.45) is 0.718. The minimum absolute atomic E-state index is 0.191. The molecule has 0 radical (unpaired) electrons. The van der Waals surface area contributed by atoms with Gasteiger partial charge in [0.2, 0.25) is 0 Å².